The third kappa shape index (κ3) is 13.6. The van der Waals surface area contributed by atoms with Crippen LogP contribution in [0.25, 0.3) is 0 Å². The van der Waals surface area contributed by atoms with Crippen LogP contribution in [-0.2, 0) is 15.0 Å². The van der Waals surface area contributed by atoms with Crippen LogP contribution in [0.2, 0.25) is 0 Å². The molecular weight excluding hydrogens is 438 g/mol. The van der Waals surface area contributed by atoms with E-state index in [4.69, 9.17) is 0 Å². The molecule has 190 valence electrons. The van der Waals surface area contributed by atoms with Gasteiger partial charge in [-0.2, -0.15) is 13.1 Å². The molecule has 0 aliphatic rings. The summed E-state index contributed by atoms with van der Waals surface area (Å²) in [5.74, 6) is -1.02. The fraction of sp³-hybridized carbons (Fsp3) is 0.720. The maximum absolute atomic E-state index is 13.3. The van der Waals surface area contributed by atoms with Gasteiger partial charge in [-0.1, -0.05) is 82.9 Å². The first-order valence-electron chi connectivity index (χ1n) is 12.4. The maximum atomic E-state index is 13.3. The minimum absolute atomic E-state index is 0.254. The topological polar surface area (TPSA) is 86.7 Å². The van der Waals surface area contributed by atoms with Crippen LogP contribution in [0.3, 0.4) is 0 Å². The molecule has 0 fully saturated rings. The molecule has 0 saturated heterocycles. The molecule has 2 N–H and O–H groups in total. The highest BCUT2D eigenvalue weighted by atomic mass is 32.2. The van der Waals surface area contributed by atoms with Crippen LogP contribution in [0, 0.1) is 0 Å². The number of hydrogen-bond acceptors (Lipinski definition) is 3. The number of anilines is 1. The number of nitrogens with one attached hydrogen (secondary N) is 1. The lowest BCUT2D eigenvalue weighted by Crippen LogP contribution is -2.53. The quantitative estimate of drug-likeness (QED) is 0.218. The smallest absolute Gasteiger partial charge is 0.305 e. The molecular formula is C25H46N3O4S+. The fourth-order valence-corrected chi connectivity index (χ4v) is 5.49. The first kappa shape index (κ1) is 29.4. The summed E-state index contributed by atoms with van der Waals surface area (Å²) in [5.41, 5.74) is 0.597. The second-order valence-corrected chi connectivity index (χ2v) is 11.6. The van der Waals surface area contributed by atoms with Gasteiger partial charge in [0.15, 0.2) is 0 Å². The van der Waals surface area contributed by atoms with Crippen molar-refractivity contribution in [2.75, 3.05) is 38.5 Å². The third-order valence-corrected chi connectivity index (χ3v) is 7.16. The molecule has 0 aliphatic heterocycles. The maximum Gasteiger partial charge on any atom is 0.305 e. The number of likely N-dealkylation sites (N-methyl/N-ethyl adjacent to an activating group) is 1. The molecule has 7 nitrogen and oxygen atoms in total. The summed E-state index contributed by atoms with van der Waals surface area (Å²) in [6, 6.07) is 8.36. The van der Waals surface area contributed by atoms with Crippen molar-refractivity contribution in [3.05, 3.63) is 30.3 Å². The Morgan fingerprint density at radius 2 is 1.45 bits per heavy atom. The van der Waals surface area contributed by atoms with Gasteiger partial charge < -0.3 is 9.59 Å². The summed E-state index contributed by atoms with van der Waals surface area (Å²) in [5, 5.41) is 9.28. The Morgan fingerprint density at radius 1 is 0.939 bits per heavy atom. The molecule has 0 bridgehead atoms. The van der Waals surface area contributed by atoms with Crippen LogP contribution in [0.15, 0.2) is 30.3 Å². The lowest BCUT2D eigenvalue weighted by Gasteiger charge is -2.31. The molecule has 1 aromatic rings. The van der Waals surface area contributed by atoms with Gasteiger partial charge in [-0.05, 0) is 18.6 Å². The van der Waals surface area contributed by atoms with E-state index >= 15 is 0 Å². The minimum atomic E-state index is -3.89. The number of carboxylic acids is 1. The number of quaternary nitrogens is 1. The van der Waals surface area contributed by atoms with Crippen molar-refractivity contribution in [3.63, 3.8) is 0 Å². The molecule has 0 unspecified atom stereocenters. The SMILES string of the molecule is CCCCCCCCCCCCN(c1ccccc1)S(=O)(=O)N[C@H](CC(=O)O)C[N+](C)(C)C. The summed E-state index contributed by atoms with van der Waals surface area (Å²) < 4.78 is 31.2. The second kappa shape index (κ2) is 15.3. The fourth-order valence-electron chi connectivity index (χ4n) is 4.01. The van der Waals surface area contributed by atoms with E-state index in [9.17, 15) is 18.3 Å². The van der Waals surface area contributed by atoms with Gasteiger partial charge in [0, 0.05) is 6.54 Å². The lowest BCUT2D eigenvalue weighted by atomic mass is 10.1. The van der Waals surface area contributed by atoms with Crippen LogP contribution < -0.4 is 9.03 Å². The van der Waals surface area contributed by atoms with Crippen LogP contribution in [0.5, 0.6) is 0 Å². The monoisotopic (exact) mass is 484 g/mol. The largest absolute Gasteiger partial charge is 0.481 e. The molecule has 8 heteroatoms. The molecule has 1 rings (SSSR count). The van der Waals surface area contributed by atoms with Crippen molar-refractivity contribution in [2.24, 2.45) is 0 Å². The number of rotatable bonds is 19. The van der Waals surface area contributed by atoms with E-state index in [0.717, 1.165) is 19.3 Å². The van der Waals surface area contributed by atoms with Gasteiger partial charge in [0.1, 0.15) is 0 Å². The van der Waals surface area contributed by atoms with E-state index < -0.39 is 22.2 Å². The average molecular weight is 485 g/mol. The number of carboxylic acid groups (broad SMARTS) is 1. The zero-order valence-electron chi connectivity index (χ0n) is 21.1. The Bertz CT molecular complexity index is 764. The van der Waals surface area contributed by atoms with Gasteiger partial charge in [-0.3, -0.25) is 9.10 Å². The molecule has 0 saturated carbocycles. The average Bonchev–Trinajstić information content (AvgIpc) is 2.70. The number of hydrogen-bond donors (Lipinski definition) is 2. The molecule has 33 heavy (non-hydrogen) atoms. The summed E-state index contributed by atoms with van der Waals surface area (Å²) in [7, 11) is 1.86. The van der Waals surface area contributed by atoms with E-state index in [0.29, 0.717) is 23.3 Å². The van der Waals surface area contributed by atoms with Crippen molar-refractivity contribution < 1.29 is 22.8 Å². The van der Waals surface area contributed by atoms with Crippen LogP contribution >= 0.6 is 0 Å². The standard InChI is InChI=1S/C25H45N3O4S/c1-5-6-7-8-9-10-11-12-13-17-20-27(24-18-15-14-16-19-24)33(31,32)26-23(21-25(29)30)22-28(2,3)4/h14-16,18-19,23,26H,5-13,17,20-22H2,1-4H3/p+1/t23-/m1/s1. The Labute approximate surface area is 201 Å². The van der Waals surface area contributed by atoms with Crippen LogP contribution in [0.1, 0.15) is 77.6 Å². The number of carbonyl (C=O) groups is 1. The van der Waals surface area contributed by atoms with Crippen molar-refractivity contribution in [1.82, 2.24) is 4.72 Å². The van der Waals surface area contributed by atoms with Crippen molar-refractivity contribution in [2.45, 2.75) is 83.6 Å². The molecule has 0 amide bonds. The minimum Gasteiger partial charge on any atom is -0.481 e. The molecule has 0 radical (unpaired) electrons. The van der Waals surface area contributed by atoms with Crippen LogP contribution in [0.4, 0.5) is 5.69 Å². The number of benzene rings is 1. The lowest BCUT2D eigenvalue weighted by molar-refractivity contribution is -0.871. The molecule has 0 spiro atoms. The van der Waals surface area contributed by atoms with Crippen molar-refractivity contribution >= 4 is 21.9 Å². The highest BCUT2D eigenvalue weighted by Gasteiger charge is 2.30. The molecule has 0 aliphatic carbocycles. The predicted molar refractivity (Wildman–Crippen MR) is 137 cm³/mol. The highest BCUT2D eigenvalue weighted by Crippen LogP contribution is 2.19. The van der Waals surface area contributed by atoms with Crippen molar-refractivity contribution in [1.29, 1.82) is 0 Å². The van der Waals surface area contributed by atoms with E-state index in [1.807, 2.05) is 39.3 Å². The van der Waals surface area contributed by atoms with E-state index in [2.05, 4.69) is 11.6 Å². The zero-order valence-corrected chi connectivity index (χ0v) is 21.9. The zero-order chi connectivity index (χ0) is 24.7. The number of aliphatic carboxylic acids is 1. The molecule has 0 aromatic heterocycles. The van der Waals surface area contributed by atoms with Gasteiger partial charge in [-0.25, -0.2) is 0 Å². The second-order valence-electron chi connectivity index (χ2n) is 9.98. The first-order valence-corrected chi connectivity index (χ1v) is 13.9. The number of para-hydroxylation sites is 1. The normalized spacial score (nSPS) is 13.1. The van der Waals surface area contributed by atoms with E-state index in [-0.39, 0.29) is 6.42 Å². The Hall–Kier alpha value is -1.64. The summed E-state index contributed by atoms with van der Waals surface area (Å²) >= 11 is 0. The molecule has 1 atom stereocenters. The van der Waals surface area contributed by atoms with E-state index in [1.165, 1.54) is 49.3 Å². The first-order chi connectivity index (χ1) is 15.5. The Morgan fingerprint density at radius 3 is 1.94 bits per heavy atom. The van der Waals surface area contributed by atoms with E-state index in [1.54, 1.807) is 12.1 Å². The summed E-state index contributed by atoms with van der Waals surface area (Å²) in [6.07, 6.45) is 11.5. The Kier molecular flexibility index (Phi) is 13.6. The molecule has 0 heterocycles. The predicted octanol–water partition coefficient (Wildman–Crippen LogP) is 4.80. The third-order valence-electron chi connectivity index (χ3n) is 5.55. The van der Waals surface area contributed by atoms with Gasteiger partial charge >= 0.3 is 16.2 Å². The summed E-state index contributed by atoms with van der Waals surface area (Å²) in [4.78, 5) is 11.3. The summed E-state index contributed by atoms with van der Waals surface area (Å²) in [6.45, 7) is 2.98. The van der Waals surface area contributed by atoms with Gasteiger partial charge in [0.05, 0.1) is 45.8 Å². The van der Waals surface area contributed by atoms with Gasteiger partial charge in [0.2, 0.25) is 0 Å². The Balaban J connectivity index is 2.70. The highest BCUT2D eigenvalue weighted by molar-refractivity contribution is 7.90. The number of nitrogens with zero attached hydrogens (tertiary/aromatic N) is 2. The van der Waals surface area contributed by atoms with Crippen molar-refractivity contribution in [3.8, 4) is 0 Å². The number of unbranched alkanes of at least 4 members (excludes halogenated alkanes) is 9. The molecule has 1 aromatic carbocycles. The van der Waals surface area contributed by atoms with Gasteiger partial charge in [0.25, 0.3) is 0 Å². The van der Waals surface area contributed by atoms with Gasteiger partial charge in [-0.15, -0.1) is 0 Å². The van der Waals surface area contributed by atoms with Crippen LogP contribution in [-0.4, -0.2) is 64.3 Å².